The monoisotopic (exact) mass is 427 g/mol. The van der Waals surface area contributed by atoms with Crippen LogP contribution in [0.15, 0.2) is 18.2 Å². The first-order chi connectivity index (χ1) is 12.6. The third kappa shape index (κ3) is 8.99. The molecule has 1 aromatic carbocycles. The Bertz CT molecular complexity index is 566. The minimum atomic E-state index is -4.53. The molecule has 1 atom stereocenters. The highest BCUT2D eigenvalue weighted by Crippen LogP contribution is 2.38. The lowest BCUT2D eigenvalue weighted by Crippen LogP contribution is -2.47. The molecule has 0 spiro atoms. The molecule has 1 aromatic rings. The Kier molecular flexibility index (Phi) is 12.1. The highest BCUT2D eigenvalue weighted by atomic mass is 35.5. The molecule has 0 aliphatic rings. The summed E-state index contributed by atoms with van der Waals surface area (Å²) in [7, 11) is 0. The number of nitrogens with two attached hydrogens (primary N) is 1. The summed E-state index contributed by atoms with van der Waals surface area (Å²) in [6, 6.07) is 3.98. The molecule has 0 aliphatic heterocycles. The fourth-order valence-electron chi connectivity index (χ4n) is 2.79. The van der Waals surface area contributed by atoms with E-state index >= 15 is 0 Å². The quantitative estimate of drug-likeness (QED) is 0.430. The first kappa shape index (κ1) is 27.0. The van der Waals surface area contributed by atoms with Crippen molar-refractivity contribution in [3.8, 4) is 5.75 Å². The highest BCUT2D eigenvalue weighted by Gasteiger charge is 2.35. The van der Waals surface area contributed by atoms with Gasteiger partial charge >= 0.3 is 6.18 Å². The van der Waals surface area contributed by atoms with Gasteiger partial charge in [-0.05, 0) is 50.3 Å². The molecule has 0 aliphatic carbocycles. The van der Waals surface area contributed by atoms with E-state index < -0.39 is 30.5 Å². The third-order valence-corrected chi connectivity index (χ3v) is 4.68. The van der Waals surface area contributed by atoms with Crippen molar-refractivity contribution in [1.29, 1.82) is 0 Å². The van der Waals surface area contributed by atoms with Gasteiger partial charge in [-0.2, -0.15) is 13.2 Å². The topological polar surface area (TPSA) is 75.7 Å². The predicted molar refractivity (Wildman–Crippen MR) is 107 cm³/mol. The number of aryl methyl sites for hydroxylation is 1. The molecule has 4 nitrogen and oxygen atoms in total. The number of alkyl halides is 3. The molecule has 0 bridgehead atoms. The fraction of sp³-hybridized carbons (Fsp3) is 0.700. The fourth-order valence-corrected chi connectivity index (χ4v) is 2.79. The summed E-state index contributed by atoms with van der Waals surface area (Å²) in [6.45, 7) is 3.01. The second kappa shape index (κ2) is 12.5. The number of ether oxygens (including phenoxy) is 1. The van der Waals surface area contributed by atoms with Crippen molar-refractivity contribution in [2.45, 2.75) is 76.6 Å². The first-order valence-electron chi connectivity index (χ1n) is 9.52. The van der Waals surface area contributed by atoms with Gasteiger partial charge in [0.15, 0.2) is 0 Å². The Labute approximate surface area is 171 Å². The van der Waals surface area contributed by atoms with E-state index in [9.17, 15) is 23.4 Å². The predicted octanol–water partition coefficient (Wildman–Crippen LogP) is 4.48. The molecule has 0 amide bonds. The molecule has 0 aromatic heterocycles. The van der Waals surface area contributed by atoms with Crippen molar-refractivity contribution in [2.24, 2.45) is 5.73 Å². The van der Waals surface area contributed by atoms with Crippen LogP contribution in [0.5, 0.6) is 5.75 Å². The molecule has 0 saturated heterocycles. The highest BCUT2D eigenvalue weighted by molar-refractivity contribution is 5.85. The summed E-state index contributed by atoms with van der Waals surface area (Å²) in [4.78, 5) is 0. The zero-order chi connectivity index (χ0) is 20.5. The van der Waals surface area contributed by atoms with E-state index in [4.69, 9.17) is 10.5 Å². The Morgan fingerprint density at radius 2 is 1.75 bits per heavy atom. The molecule has 164 valence electrons. The zero-order valence-electron chi connectivity index (χ0n) is 16.6. The van der Waals surface area contributed by atoms with Crippen molar-refractivity contribution in [2.75, 3.05) is 13.2 Å². The molecule has 28 heavy (non-hydrogen) atoms. The van der Waals surface area contributed by atoms with Gasteiger partial charge in [-0.3, -0.25) is 0 Å². The van der Waals surface area contributed by atoms with Crippen molar-refractivity contribution in [1.82, 2.24) is 0 Å². The van der Waals surface area contributed by atoms with Gasteiger partial charge in [-0.1, -0.05) is 32.3 Å². The van der Waals surface area contributed by atoms with E-state index in [-0.39, 0.29) is 37.1 Å². The van der Waals surface area contributed by atoms with Gasteiger partial charge in [-0.25, -0.2) is 0 Å². The van der Waals surface area contributed by atoms with Gasteiger partial charge in [0.1, 0.15) is 5.75 Å². The Morgan fingerprint density at radius 1 is 1.11 bits per heavy atom. The minimum Gasteiger partial charge on any atom is -0.490 e. The summed E-state index contributed by atoms with van der Waals surface area (Å²) in [6.07, 6.45) is 0.461. The van der Waals surface area contributed by atoms with Gasteiger partial charge < -0.3 is 20.7 Å². The second-order valence-electron chi connectivity index (χ2n) is 7.28. The molecular formula is C20H33ClF3NO3. The molecule has 0 unspecified atom stereocenters. The SMILES string of the molecule is CCCCCC[C@@H](C)Oc1ccc(CCC(N)(CO)CO)cc1C(F)(F)F.Cl. The largest absolute Gasteiger partial charge is 0.490 e. The summed E-state index contributed by atoms with van der Waals surface area (Å²) in [5.41, 5.74) is 4.20. The number of aliphatic hydroxyl groups is 2. The molecule has 1 rings (SSSR count). The standard InChI is InChI=1S/C20H32F3NO3.ClH/c1-3-4-5-6-7-15(2)27-18-9-8-16(12-17(18)20(21,22)23)10-11-19(24,13-25)14-26;/h8-9,12,15,25-26H,3-7,10-11,13-14,24H2,1-2H3;1H/t15-;/m1./s1. The maximum Gasteiger partial charge on any atom is 0.419 e. The van der Waals surface area contributed by atoms with Gasteiger partial charge in [0.05, 0.1) is 30.4 Å². The number of benzene rings is 1. The van der Waals surface area contributed by atoms with E-state index in [1.807, 2.05) is 0 Å². The smallest absolute Gasteiger partial charge is 0.419 e. The number of hydrogen-bond acceptors (Lipinski definition) is 4. The lowest BCUT2D eigenvalue weighted by molar-refractivity contribution is -0.139. The van der Waals surface area contributed by atoms with Crippen LogP contribution >= 0.6 is 12.4 Å². The summed E-state index contributed by atoms with van der Waals surface area (Å²) in [5.74, 6) is -0.169. The summed E-state index contributed by atoms with van der Waals surface area (Å²) < 4.78 is 45.9. The van der Waals surface area contributed by atoms with Gasteiger partial charge in [0.25, 0.3) is 0 Å². The van der Waals surface area contributed by atoms with Gasteiger partial charge in [0, 0.05) is 0 Å². The van der Waals surface area contributed by atoms with Crippen LogP contribution in [0.25, 0.3) is 0 Å². The maximum absolute atomic E-state index is 13.5. The summed E-state index contributed by atoms with van der Waals surface area (Å²) in [5, 5.41) is 18.4. The molecule has 8 heteroatoms. The third-order valence-electron chi connectivity index (χ3n) is 4.68. The number of unbranched alkanes of at least 4 members (excludes halogenated alkanes) is 3. The molecule has 0 saturated carbocycles. The normalized spacial score (nSPS) is 13.1. The zero-order valence-corrected chi connectivity index (χ0v) is 17.4. The van der Waals surface area contributed by atoms with Crippen molar-refractivity contribution in [3.05, 3.63) is 29.3 Å². The maximum atomic E-state index is 13.5. The van der Waals surface area contributed by atoms with Crippen molar-refractivity contribution < 1.29 is 28.1 Å². The van der Waals surface area contributed by atoms with Gasteiger partial charge in [-0.15, -0.1) is 12.4 Å². The van der Waals surface area contributed by atoms with Crippen LogP contribution in [0.3, 0.4) is 0 Å². The lowest BCUT2D eigenvalue weighted by atomic mass is 9.93. The Balaban J connectivity index is 0.00000729. The van der Waals surface area contributed by atoms with Gasteiger partial charge in [0.2, 0.25) is 0 Å². The molecule has 0 heterocycles. The van der Waals surface area contributed by atoms with Crippen molar-refractivity contribution >= 4 is 12.4 Å². The van der Waals surface area contributed by atoms with Crippen LogP contribution in [0.2, 0.25) is 0 Å². The Hall–Kier alpha value is -1.02. The average Bonchev–Trinajstić information content (AvgIpc) is 2.63. The second-order valence-corrected chi connectivity index (χ2v) is 7.28. The molecule has 0 radical (unpaired) electrons. The van der Waals surface area contributed by atoms with E-state index in [0.717, 1.165) is 31.7 Å². The molecule has 0 fully saturated rings. The van der Waals surface area contributed by atoms with Crippen LogP contribution < -0.4 is 10.5 Å². The van der Waals surface area contributed by atoms with E-state index in [2.05, 4.69) is 6.92 Å². The van der Waals surface area contributed by atoms with Crippen LogP contribution in [0.1, 0.15) is 63.5 Å². The van der Waals surface area contributed by atoms with E-state index in [1.54, 1.807) is 13.0 Å². The number of hydrogen-bond donors (Lipinski definition) is 3. The average molecular weight is 428 g/mol. The lowest BCUT2D eigenvalue weighted by Gasteiger charge is -2.25. The summed E-state index contributed by atoms with van der Waals surface area (Å²) >= 11 is 0. The van der Waals surface area contributed by atoms with Crippen LogP contribution in [0.4, 0.5) is 13.2 Å². The number of halogens is 4. The molecule has 4 N–H and O–H groups in total. The minimum absolute atomic E-state index is 0. The van der Waals surface area contributed by atoms with Crippen LogP contribution in [-0.4, -0.2) is 35.1 Å². The van der Waals surface area contributed by atoms with Crippen LogP contribution in [-0.2, 0) is 12.6 Å². The van der Waals surface area contributed by atoms with Crippen LogP contribution in [0, 0.1) is 0 Å². The number of aliphatic hydroxyl groups excluding tert-OH is 2. The first-order valence-corrected chi connectivity index (χ1v) is 9.52. The molecular weight excluding hydrogens is 395 g/mol. The number of rotatable bonds is 12. The van der Waals surface area contributed by atoms with Crippen molar-refractivity contribution in [3.63, 3.8) is 0 Å². The van der Waals surface area contributed by atoms with E-state index in [1.165, 1.54) is 6.07 Å². The van der Waals surface area contributed by atoms with E-state index in [0.29, 0.717) is 12.0 Å². The Morgan fingerprint density at radius 3 is 2.29 bits per heavy atom.